The summed E-state index contributed by atoms with van der Waals surface area (Å²) in [5.41, 5.74) is 0.686. The molecule has 0 aliphatic heterocycles. The summed E-state index contributed by atoms with van der Waals surface area (Å²) < 4.78 is 0. The lowest BCUT2D eigenvalue weighted by molar-refractivity contribution is 0.0246. The maximum absolute atomic E-state index is 12.2. The fraction of sp³-hybridized carbons (Fsp3) is 0.562. The quantitative estimate of drug-likeness (QED) is 0.741. The molecule has 0 saturated heterocycles. The molecule has 0 heterocycles. The van der Waals surface area contributed by atoms with Crippen molar-refractivity contribution in [2.75, 3.05) is 18.9 Å². The van der Waals surface area contributed by atoms with E-state index in [1.54, 1.807) is 13.1 Å². The van der Waals surface area contributed by atoms with Crippen LogP contribution in [-0.4, -0.2) is 30.2 Å². The van der Waals surface area contributed by atoms with Gasteiger partial charge in [-0.05, 0) is 25.0 Å². The average molecular weight is 276 g/mol. The molecule has 0 atom stereocenters. The van der Waals surface area contributed by atoms with E-state index in [9.17, 15) is 9.90 Å². The number of rotatable bonds is 4. The van der Waals surface area contributed by atoms with Gasteiger partial charge in [-0.2, -0.15) is 0 Å². The van der Waals surface area contributed by atoms with E-state index in [1.165, 1.54) is 12.8 Å². The Morgan fingerprint density at radius 3 is 2.50 bits per heavy atom. The molecule has 1 aromatic carbocycles. The number of para-hydroxylation sites is 1. The largest absolute Gasteiger partial charge is 0.388 e. The Bertz CT molecular complexity index is 452. The van der Waals surface area contributed by atoms with E-state index < -0.39 is 5.60 Å². The molecule has 1 aliphatic rings. The Hall–Kier alpha value is -1.55. The number of carbonyl (C=O) groups excluding carboxylic acids is 1. The molecule has 0 aromatic heterocycles. The van der Waals surface area contributed by atoms with Crippen molar-refractivity contribution in [3.63, 3.8) is 0 Å². The number of hydrogen-bond acceptors (Lipinski definition) is 3. The van der Waals surface area contributed by atoms with E-state index in [2.05, 4.69) is 10.6 Å². The predicted molar refractivity (Wildman–Crippen MR) is 81.0 cm³/mol. The zero-order chi connectivity index (χ0) is 14.4. The number of amides is 1. The third-order valence-electron chi connectivity index (χ3n) is 4.05. The summed E-state index contributed by atoms with van der Waals surface area (Å²) in [5, 5.41) is 16.4. The van der Waals surface area contributed by atoms with Crippen LogP contribution in [0.25, 0.3) is 0 Å². The molecule has 1 fully saturated rings. The second-order valence-electron chi connectivity index (χ2n) is 5.62. The van der Waals surface area contributed by atoms with Crippen LogP contribution in [0.1, 0.15) is 48.9 Å². The highest BCUT2D eigenvalue weighted by molar-refractivity contribution is 5.99. The van der Waals surface area contributed by atoms with Crippen molar-refractivity contribution >= 4 is 11.6 Å². The standard InChI is InChI=1S/C16H24N2O2/c1-17-14-9-5-4-8-13(14)15(19)18-12-16(20)10-6-2-3-7-11-16/h4-5,8-9,17,20H,2-3,6-7,10-12H2,1H3,(H,18,19). The minimum atomic E-state index is -0.735. The lowest BCUT2D eigenvalue weighted by Crippen LogP contribution is -2.42. The summed E-state index contributed by atoms with van der Waals surface area (Å²) in [6, 6.07) is 7.39. The van der Waals surface area contributed by atoms with Gasteiger partial charge in [0.1, 0.15) is 0 Å². The van der Waals surface area contributed by atoms with Crippen LogP contribution in [0.2, 0.25) is 0 Å². The maximum atomic E-state index is 12.2. The number of aliphatic hydroxyl groups is 1. The second kappa shape index (κ2) is 6.75. The van der Waals surface area contributed by atoms with Gasteiger partial charge >= 0.3 is 0 Å². The lowest BCUT2D eigenvalue weighted by Gasteiger charge is -2.27. The number of benzene rings is 1. The Morgan fingerprint density at radius 1 is 1.20 bits per heavy atom. The zero-order valence-electron chi connectivity index (χ0n) is 12.1. The van der Waals surface area contributed by atoms with Crippen LogP contribution in [0.3, 0.4) is 0 Å². The van der Waals surface area contributed by atoms with Crippen LogP contribution in [0.15, 0.2) is 24.3 Å². The molecule has 3 N–H and O–H groups in total. The molecule has 1 saturated carbocycles. The van der Waals surface area contributed by atoms with Crippen molar-refractivity contribution in [1.82, 2.24) is 5.32 Å². The molecule has 0 radical (unpaired) electrons. The minimum absolute atomic E-state index is 0.132. The van der Waals surface area contributed by atoms with Crippen LogP contribution in [0, 0.1) is 0 Å². The number of anilines is 1. The molecular formula is C16H24N2O2. The van der Waals surface area contributed by atoms with Crippen LogP contribution in [0.4, 0.5) is 5.69 Å². The zero-order valence-corrected chi connectivity index (χ0v) is 12.1. The molecule has 0 spiro atoms. The fourth-order valence-electron chi connectivity index (χ4n) is 2.80. The van der Waals surface area contributed by atoms with E-state index in [0.717, 1.165) is 31.4 Å². The fourth-order valence-corrected chi connectivity index (χ4v) is 2.80. The Labute approximate surface area is 120 Å². The van der Waals surface area contributed by atoms with Gasteiger partial charge in [0.25, 0.3) is 5.91 Å². The summed E-state index contributed by atoms with van der Waals surface area (Å²) in [6.45, 7) is 0.337. The van der Waals surface area contributed by atoms with Crippen LogP contribution < -0.4 is 10.6 Å². The first-order chi connectivity index (χ1) is 9.64. The van der Waals surface area contributed by atoms with Gasteiger partial charge in [0.15, 0.2) is 0 Å². The van der Waals surface area contributed by atoms with Crippen molar-refractivity contribution in [3.8, 4) is 0 Å². The first-order valence-corrected chi connectivity index (χ1v) is 7.42. The first-order valence-electron chi connectivity index (χ1n) is 7.42. The highest BCUT2D eigenvalue weighted by Crippen LogP contribution is 2.26. The van der Waals surface area contributed by atoms with E-state index in [1.807, 2.05) is 18.2 Å². The van der Waals surface area contributed by atoms with Gasteiger partial charge in [0.05, 0.1) is 11.2 Å². The monoisotopic (exact) mass is 276 g/mol. The van der Waals surface area contributed by atoms with Gasteiger partial charge < -0.3 is 15.7 Å². The molecule has 4 heteroatoms. The van der Waals surface area contributed by atoms with Crippen LogP contribution in [-0.2, 0) is 0 Å². The molecule has 0 bridgehead atoms. The van der Waals surface area contributed by atoms with Gasteiger partial charge in [-0.15, -0.1) is 0 Å². The summed E-state index contributed by atoms with van der Waals surface area (Å²) >= 11 is 0. The van der Waals surface area contributed by atoms with Gasteiger partial charge in [-0.3, -0.25) is 4.79 Å². The van der Waals surface area contributed by atoms with E-state index in [0.29, 0.717) is 12.1 Å². The van der Waals surface area contributed by atoms with Gasteiger partial charge in [-0.1, -0.05) is 37.8 Å². The molecule has 20 heavy (non-hydrogen) atoms. The Morgan fingerprint density at radius 2 is 1.85 bits per heavy atom. The maximum Gasteiger partial charge on any atom is 0.253 e. The Balaban J connectivity index is 1.97. The van der Waals surface area contributed by atoms with Crippen LogP contribution in [0.5, 0.6) is 0 Å². The van der Waals surface area contributed by atoms with E-state index in [4.69, 9.17) is 0 Å². The van der Waals surface area contributed by atoms with Gasteiger partial charge in [0, 0.05) is 19.3 Å². The lowest BCUT2D eigenvalue weighted by atomic mass is 9.94. The molecule has 1 amide bonds. The van der Waals surface area contributed by atoms with E-state index in [-0.39, 0.29) is 5.91 Å². The van der Waals surface area contributed by atoms with Crippen molar-refractivity contribution in [3.05, 3.63) is 29.8 Å². The summed E-state index contributed by atoms with van der Waals surface area (Å²) in [7, 11) is 1.80. The molecule has 110 valence electrons. The molecular weight excluding hydrogens is 252 g/mol. The Kier molecular flexibility index (Phi) is 5.01. The van der Waals surface area contributed by atoms with Crippen LogP contribution >= 0.6 is 0 Å². The van der Waals surface area contributed by atoms with Crippen molar-refractivity contribution in [2.45, 2.75) is 44.1 Å². The van der Waals surface area contributed by atoms with E-state index >= 15 is 0 Å². The molecule has 4 nitrogen and oxygen atoms in total. The molecule has 1 aliphatic carbocycles. The van der Waals surface area contributed by atoms with Crippen molar-refractivity contribution < 1.29 is 9.90 Å². The van der Waals surface area contributed by atoms with Gasteiger partial charge in [-0.25, -0.2) is 0 Å². The normalized spacial score (nSPS) is 18.1. The third kappa shape index (κ3) is 3.73. The average Bonchev–Trinajstić information content (AvgIpc) is 2.70. The van der Waals surface area contributed by atoms with Crippen molar-refractivity contribution in [1.29, 1.82) is 0 Å². The van der Waals surface area contributed by atoms with Gasteiger partial charge in [0.2, 0.25) is 0 Å². The highest BCUT2D eigenvalue weighted by Gasteiger charge is 2.28. The number of nitrogens with one attached hydrogen (secondary N) is 2. The smallest absolute Gasteiger partial charge is 0.253 e. The predicted octanol–water partition coefficient (Wildman–Crippen LogP) is 2.54. The molecule has 0 unspecified atom stereocenters. The summed E-state index contributed by atoms with van der Waals surface area (Å²) in [4.78, 5) is 12.2. The number of carbonyl (C=O) groups is 1. The SMILES string of the molecule is CNc1ccccc1C(=O)NCC1(O)CCCCCC1. The number of hydrogen-bond donors (Lipinski definition) is 3. The summed E-state index contributed by atoms with van der Waals surface area (Å²) in [6.07, 6.45) is 6.00. The second-order valence-corrected chi connectivity index (χ2v) is 5.62. The topological polar surface area (TPSA) is 61.4 Å². The molecule has 2 rings (SSSR count). The minimum Gasteiger partial charge on any atom is -0.388 e. The first kappa shape index (κ1) is 14.9. The summed E-state index contributed by atoms with van der Waals surface area (Å²) in [5.74, 6) is -0.132. The van der Waals surface area contributed by atoms with Crippen molar-refractivity contribution in [2.24, 2.45) is 0 Å². The molecule has 1 aromatic rings. The third-order valence-corrected chi connectivity index (χ3v) is 4.05. The highest BCUT2D eigenvalue weighted by atomic mass is 16.3.